The Morgan fingerprint density at radius 2 is 1.67 bits per heavy atom. The topological polar surface area (TPSA) is 105 Å². The van der Waals surface area contributed by atoms with Crippen LogP contribution in [-0.2, 0) is 26.2 Å². The van der Waals surface area contributed by atoms with Crippen molar-refractivity contribution in [3.8, 4) is 11.5 Å². The predicted octanol–water partition coefficient (Wildman–Crippen LogP) is 5.93. The van der Waals surface area contributed by atoms with E-state index in [0.29, 0.717) is 27.9 Å². The van der Waals surface area contributed by atoms with E-state index in [1.165, 1.54) is 37.3 Å². The molecule has 232 valence electrons. The van der Waals surface area contributed by atoms with Gasteiger partial charge in [-0.15, -0.1) is 0 Å². The smallest absolute Gasteiger partial charge is 0.264 e. The Morgan fingerprint density at radius 1 is 0.953 bits per heavy atom. The van der Waals surface area contributed by atoms with Crippen LogP contribution < -0.4 is 19.1 Å². The Kier molecular flexibility index (Phi) is 12.5. The monoisotopic (exact) mass is 649 g/mol. The van der Waals surface area contributed by atoms with E-state index in [2.05, 4.69) is 5.32 Å². The maximum absolute atomic E-state index is 14.3. The van der Waals surface area contributed by atoms with Gasteiger partial charge in [0.15, 0.2) is 0 Å². The summed E-state index contributed by atoms with van der Waals surface area (Å²) >= 11 is 12.6. The van der Waals surface area contributed by atoms with Crippen LogP contribution in [0.5, 0.6) is 11.5 Å². The van der Waals surface area contributed by atoms with Gasteiger partial charge in [0.05, 0.1) is 24.8 Å². The summed E-state index contributed by atoms with van der Waals surface area (Å²) < 4.78 is 40.0. The standard InChI is InChI=1S/C31H37Cl2N3O6S/c1-5-7-17-34-31(38)27(6-2)35(20-22-13-14-23(32)18-26(22)33)30(37)21-36(43(39,40)25-11-9-8-10-12-25)28-19-24(41-3)15-16-29(28)42-4/h8-16,18-19,27H,5-7,17,20-21H2,1-4H3,(H,34,38)/t27-/m1/s1. The van der Waals surface area contributed by atoms with Gasteiger partial charge in [-0.3, -0.25) is 13.9 Å². The fraction of sp³-hybridized carbons (Fsp3) is 0.355. The van der Waals surface area contributed by atoms with Crippen LogP contribution in [0.25, 0.3) is 0 Å². The van der Waals surface area contributed by atoms with Crippen molar-refractivity contribution in [2.24, 2.45) is 0 Å². The molecule has 3 rings (SSSR count). The van der Waals surface area contributed by atoms with Crippen molar-refractivity contribution >= 4 is 50.7 Å². The summed E-state index contributed by atoms with van der Waals surface area (Å²) in [5.41, 5.74) is 0.652. The van der Waals surface area contributed by atoms with Crippen LogP contribution in [0.4, 0.5) is 5.69 Å². The quantitative estimate of drug-likeness (QED) is 0.205. The lowest BCUT2D eigenvalue weighted by Crippen LogP contribution is -2.52. The summed E-state index contributed by atoms with van der Waals surface area (Å²) in [5, 5.41) is 3.63. The van der Waals surface area contributed by atoms with Gasteiger partial charge in [0.1, 0.15) is 24.1 Å². The summed E-state index contributed by atoms with van der Waals surface area (Å²) in [5.74, 6) is -0.383. The zero-order chi connectivity index (χ0) is 31.6. The van der Waals surface area contributed by atoms with E-state index < -0.39 is 28.5 Å². The summed E-state index contributed by atoms with van der Waals surface area (Å²) in [4.78, 5) is 29.0. The number of sulfonamides is 1. The largest absolute Gasteiger partial charge is 0.497 e. The van der Waals surface area contributed by atoms with Crippen molar-refractivity contribution < 1.29 is 27.5 Å². The average molecular weight is 651 g/mol. The number of methoxy groups -OCH3 is 2. The number of rotatable bonds is 15. The highest BCUT2D eigenvalue weighted by molar-refractivity contribution is 7.92. The first kappa shape index (κ1) is 34.0. The van der Waals surface area contributed by atoms with Crippen molar-refractivity contribution in [1.82, 2.24) is 10.2 Å². The molecule has 0 aromatic heterocycles. The number of carbonyl (C=O) groups is 2. The molecule has 12 heteroatoms. The highest BCUT2D eigenvalue weighted by Crippen LogP contribution is 2.36. The number of unbranched alkanes of at least 4 members (excludes halogenated alkanes) is 1. The van der Waals surface area contributed by atoms with Gasteiger partial charge in [-0.2, -0.15) is 0 Å². The number of anilines is 1. The van der Waals surface area contributed by atoms with Crippen LogP contribution >= 0.6 is 23.2 Å². The number of nitrogens with one attached hydrogen (secondary N) is 1. The van der Waals surface area contributed by atoms with E-state index in [4.69, 9.17) is 32.7 Å². The van der Waals surface area contributed by atoms with Gasteiger partial charge in [-0.05, 0) is 54.8 Å². The molecule has 0 unspecified atom stereocenters. The third kappa shape index (κ3) is 8.55. The van der Waals surface area contributed by atoms with Crippen molar-refractivity contribution in [3.63, 3.8) is 0 Å². The van der Waals surface area contributed by atoms with Gasteiger partial charge in [0.2, 0.25) is 11.8 Å². The van der Waals surface area contributed by atoms with Crippen molar-refractivity contribution in [2.75, 3.05) is 31.6 Å². The second-order valence-corrected chi connectivity index (χ2v) is 12.4. The molecular formula is C31H37Cl2N3O6S. The number of hydrogen-bond donors (Lipinski definition) is 1. The van der Waals surface area contributed by atoms with Gasteiger partial charge in [-0.25, -0.2) is 8.42 Å². The van der Waals surface area contributed by atoms with E-state index in [1.54, 1.807) is 55.5 Å². The van der Waals surface area contributed by atoms with Crippen molar-refractivity contribution in [3.05, 3.63) is 82.3 Å². The second kappa shape index (κ2) is 15.8. The minimum atomic E-state index is -4.29. The lowest BCUT2D eigenvalue weighted by molar-refractivity contribution is -0.140. The first-order chi connectivity index (χ1) is 20.6. The zero-order valence-corrected chi connectivity index (χ0v) is 27.0. The summed E-state index contributed by atoms with van der Waals surface area (Å²) in [7, 11) is -1.43. The van der Waals surface area contributed by atoms with Gasteiger partial charge in [0.25, 0.3) is 10.0 Å². The highest BCUT2D eigenvalue weighted by atomic mass is 35.5. The normalized spacial score (nSPS) is 11.9. The van der Waals surface area contributed by atoms with Crippen LogP contribution in [0, 0.1) is 0 Å². The van der Waals surface area contributed by atoms with Crippen molar-refractivity contribution in [2.45, 2.75) is 50.6 Å². The Bertz CT molecular complexity index is 1500. The molecule has 0 spiro atoms. The molecule has 0 fully saturated rings. The molecular weight excluding hydrogens is 613 g/mol. The molecule has 3 aromatic carbocycles. The predicted molar refractivity (Wildman–Crippen MR) is 170 cm³/mol. The third-order valence-corrected chi connectivity index (χ3v) is 9.20. The average Bonchev–Trinajstić information content (AvgIpc) is 3.00. The molecule has 0 bridgehead atoms. The number of hydrogen-bond acceptors (Lipinski definition) is 6. The minimum absolute atomic E-state index is 0.0238. The van der Waals surface area contributed by atoms with Crippen LogP contribution in [0.1, 0.15) is 38.7 Å². The molecule has 0 aliphatic carbocycles. The molecule has 1 atom stereocenters. The number of amides is 2. The second-order valence-electron chi connectivity index (χ2n) is 9.69. The molecule has 0 saturated heterocycles. The van der Waals surface area contributed by atoms with Gasteiger partial charge < -0.3 is 19.7 Å². The molecule has 0 saturated carbocycles. The van der Waals surface area contributed by atoms with E-state index in [9.17, 15) is 18.0 Å². The maximum Gasteiger partial charge on any atom is 0.264 e. The summed E-state index contributed by atoms with van der Waals surface area (Å²) in [6.45, 7) is 3.56. The molecule has 1 N–H and O–H groups in total. The van der Waals surface area contributed by atoms with Crippen molar-refractivity contribution in [1.29, 1.82) is 0 Å². The SMILES string of the molecule is CCCCNC(=O)[C@@H](CC)N(Cc1ccc(Cl)cc1Cl)C(=O)CN(c1cc(OC)ccc1OC)S(=O)(=O)c1ccccc1. The van der Waals surface area contributed by atoms with Crippen LogP contribution in [-0.4, -0.2) is 58.5 Å². The van der Waals surface area contributed by atoms with Crippen LogP contribution in [0.3, 0.4) is 0 Å². The van der Waals surface area contributed by atoms with Crippen LogP contribution in [0.15, 0.2) is 71.6 Å². The Morgan fingerprint density at radius 3 is 2.28 bits per heavy atom. The fourth-order valence-electron chi connectivity index (χ4n) is 4.48. The molecule has 0 radical (unpaired) electrons. The number of nitrogens with zero attached hydrogens (tertiary/aromatic N) is 2. The Hall–Kier alpha value is -3.47. The first-order valence-corrected chi connectivity index (χ1v) is 16.1. The number of ether oxygens (including phenoxy) is 2. The molecule has 3 aromatic rings. The number of benzene rings is 3. The summed E-state index contributed by atoms with van der Waals surface area (Å²) in [6.07, 6.45) is 1.94. The Labute approximate surface area is 263 Å². The fourth-order valence-corrected chi connectivity index (χ4v) is 6.39. The minimum Gasteiger partial charge on any atom is -0.497 e. The van der Waals surface area contributed by atoms with E-state index in [1.807, 2.05) is 6.92 Å². The first-order valence-electron chi connectivity index (χ1n) is 13.9. The third-order valence-electron chi connectivity index (χ3n) is 6.84. The van der Waals surface area contributed by atoms with Gasteiger partial charge in [-0.1, -0.05) is 67.7 Å². The highest BCUT2D eigenvalue weighted by Gasteiger charge is 2.35. The van der Waals surface area contributed by atoms with E-state index >= 15 is 0 Å². The van der Waals surface area contributed by atoms with Gasteiger partial charge >= 0.3 is 0 Å². The maximum atomic E-state index is 14.3. The molecule has 0 aliphatic rings. The Balaban J connectivity index is 2.13. The van der Waals surface area contributed by atoms with E-state index in [-0.39, 0.29) is 35.2 Å². The number of carbonyl (C=O) groups excluding carboxylic acids is 2. The zero-order valence-electron chi connectivity index (χ0n) is 24.7. The molecule has 2 amide bonds. The lowest BCUT2D eigenvalue weighted by Gasteiger charge is -2.33. The van der Waals surface area contributed by atoms with Gasteiger partial charge in [0, 0.05) is 29.2 Å². The summed E-state index contributed by atoms with van der Waals surface area (Å²) in [6, 6.07) is 16.4. The molecule has 0 heterocycles. The molecule has 43 heavy (non-hydrogen) atoms. The lowest BCUT2D eigenvalue weighted by atomic mass is 10.1. The molecule has 9 nitrogen and oxygen atoms in total. The van der Waals surface area contributed by atoms with Crippen LogP contribution in [0.2, 0.25) is 10.0 Å². The molecule has 0 aliphatic heterocycles. The van der Waals surface area contributed by atoms with E-state index in [0.717, 1.165) is 17.1 Å². The number of halogens is 2.